The molecule has 0 radical (unpaired) electrons. The number of benzene rings is 2. The molecular formula is C21H20N4O5. The number of hydrogen-bond acceptors (Lipinski definition) is 6. The van der Waals surface area contributed by atoms with E-state index in [2.05, 4.69) is 10.3 Å². The van der Waals surface area contributed by atoms with Gasteiger partial charge in [-0.05, 0) is 43.7 Å². The van der Waals surface area contributed by atoms with Crippen molar-refractivity contribution >= 4 is 17.3 Å². The monoisotopic (exact) mass is 408 g/mol. The molecule has 154 valence electrons. The Morgan fingerprint density at radius 3 is 2.60 bits per heavy atom. The van der Waals surface area contributed by atoms with Crippen LogP contribution in [0.2, 0.25) is 0 Å². The zero-order valence-electron chi connectivity index (χ0n) is 16.5. The van der Waals surface area contributed by atoms with Gasteiger partial charge in [-0.25, -0.2) is 4.98 Å². The third-order valence-corrected chi connectivity index (χ3v) is 4.37. The molecule has 0 fully saturated rings. The highest BCUT2D eigenvalue weighted by molar-refractivity contribution is 5.93. The van der Waals surface area contributed by atoms with E-state index in [4.69, 9.17) is 4.74 Å². The summed E-state index contributed by atoms with van der Waals surface area (Å²) in [4.78, 5) is 39.7. The zero-order valence-corrected chi connectivity index (χ0v) is 16.5. The van der Waals surface area contributed by atoms with Crippen LogP contribution in [0.3, 0.4) is 0 Å². The second-order valence-corrected chi connectivity index (χ2v) is 6.47. The lowest BCUT2D eigenvalue weighted by molar-refractivity contribution is -0.384. The molecule has 0 saturated heterocycles. The summed E-state index contributed by atoms with van der Waals surface area (Å²) < 4.78 is 6.53. The van der Waals surface area contributed by atoms with Crippen molar-refractivity contribution in [3.05, 3.63) is 80.9 Å². The van der Waals surface area contributed by atoms with E-state index in [9.17, 15) is 19.7 Å². The number of hydrogen-bond donors (Lipinski definition) is 1. The molecule has 0 saturated carbocycles. The van der Waals surface area contributed by atoms with Crippen molar-refractivity contribution in [2.24, 2.45) is 0 Å². The Kier molecular flexibility index (Phi) is 6.21. The highest BCUT2D eigenvalue weighted by atomic mass is 16.6. The summed E-state index contributed by atoms with van der Waals surface area (Å²) in [5, 5.41) is 13.7. The van der Waals surface area contributed by atoms with Crippen molar-refractivity contribution in [2.75, 3.05) is 11.9 Å². The van der Waals surface area contributed by atoms with Gasteiger partial charge in [0.1, 0.15) is 18.0 Å². The van der Waals surface area contributed by atoms with E-state index >= 15 is 0 Å². The number of anilines is 1. The number of amides is 1. The molecule has 0 aliphatic carbocycles. The number of nitrogens with zero attached hydrogens (tertiary/aromatic N) is 3. The minimum absolute atomic E-state index is 0.111. The van der Waals surface area contributed by atoms with Crippen LogP contribution in [0.1, 0.15) is 12.5 Å². The van der Waals surface area contributed by atoms with E-state index in [-0.39, 0.29) is 17.9 Å². The first-order valence-electron chi connectivity index (χ1n) is 9.22. The molecule has 0 spiro atoms. The number of nitrogens with one attached hydrogen (secondary N) is 1. The maximum absolute atomic E-state index is 12.4. The van der Waals surface area contributed by atoms with Gasteiger partial charge in [-0.3, -0.25) is 24.3 Å². The first kappa shape index (κ1) is 20.7. The van der Waals surface area contributed by atoms with Crippen LogP contribution < -0.4 is 15.6 Å². The number of rotatable bonds is 7. The van der Waals surface area contributed by atoms with Crippen LogP contribution in [0.5, 0.6) is 5.75 Å². The van der Waals surface area contributed by atoms with Crippen LogP contribution >= 0.6 is 0 Å². The summed E-state index contributed by atoms with van der Waals surface area (Å²) in [5.74, 6) is 0.154. The molecule has 2 aromatic carbocycles. The van der Waals surface area contributed by atoms with Crippen molar-refractivity contribution in [1.82, 2.24) is 9.55 Å². The number of aromatic nitrogens is 2. The van der Waals surface area contributed by atoms with Gasteiger partial charge in [0, 0.05) is 17.7 Å². The van der Waals surface area contributed by atoms with Crippen LogP contribution in [-0.4, -0.2) is 27.0 Å². The molecule has 1 aromatic heterocycles. The van der Waals surface area contributed by atoms with Crippen molar-refractivity contribution in [2.45, 2.75) is 20.4 Å². The molecule has 0 unspecified atom stereocenters. The van der Waals surface area contributed by atoms with Crippen molar-refractivity contribution in [3.63, 3.8) is 0 Å². The summed E-state index contributed by atoms with van der Waals surface area (Å²) >= 11 is 0. The zero-order chi connectivity index (χ0) is 21.7. The van der Waals surface area contributed by atoms with Crippen LogP contribution in [0, 0.1) is 17.0 Å². The van der Waals surface area contributed by atoms with E-state index in [1.165, 1.54) is 24.5 Å². The molecule has 0 aliphatic rings. The predicted molar refractivity (Wildman–Crippen MR) is 112 cm³/mol. The molecule has 0 aliphatic heterocycles. The Hall–Kier alpha value is -4.01. The number of nitro groups is 1. The van der Waals surface area contributed by atoms with Gasteiger partial charge in [0.15, 0.2) is 0 Å². The van der Waals surface area contributed by atoms with Crippen LogP contribution in [-0.2, 0) is 11.3 Å². The number of ether oxygens (including phenoxy) is 1. The average Bonchev–Trinajstić information content (AvgIpc) is 2.71. The Labute approximate surface area is 172 Å². The van der Waals surface area contributed by atoms with Gasteiger partial charge < -0.3 is 10.1 Å². The molecule has 30 heavy (non-hydrogen) atoms. The highest BCUT2D eigenvalue weighted by Crippen LogP contribution is 2.27. The lowest BCUT2D eigenvalue weighted by atomic mass is 10.1. The number of carbonyl (C=O) groups excluding carboxylic acids is 1. The fourth-order valence-corrected chi connectivity index (χ4v) is 2.89. The fraction of sp³-hybridized carbons (Fsp3) is 0.190. The standard InChI is InChI=1S/C21H20N4O5/c1-3-30-16-9-7-15(8-10-16)17-11-20(27)24(13-22-17)12-19(26)23-21-14(2)5-4-6-18(21)25(28)29/h4-11,13H,3,12H2,1-2H3,(H,23,26). The number of aryl methyl sites for hydroxylation is 1. The Balaban J connectivity index is 1.76. The smallest absolute Gasteiger partial charge is 0.293 e. The lowest BCUT2D eigenvalue weighted by Gasteiger charge is -2.10. The summed E-state index contributed by atoms with van der Waals surface area (Å²) in [7, 11) is 0. The molecule has 1 heterocycles. The molecule has 1 N–H and O–H groups in total. The molecule has 9 nitrogen and oxygen atoms in total. The number of para-hydroxylation sites is 1. The second-order valence-electron chi connectivity index (χ2n) is 6.47. The lowest BCUT2D eigenvalue weighted by Crippen LogP contribution is -2.27. The number of carbonyl (C=O) groups is 1. The van der Waals surface area contributed by atoms with Gasteiger partial charge >= 0.3 is 0 Å². The Morgan fingerprint density at radius 2 is 1.97 bits per heavy atom. The summed E-state index contributed by atoms with van der Waals surface area (Å²) in [5.41, 5.74) is 1.24. The van der Waals surface area contributed by atoms with Crippen molar-refractivity contribution in [3.8, 4) is 17.0 Å². The SMILES string of the molecule is CCOc1ccc(-c2cc(=O)n(CC(=O)Nc3c(C)cccc3[N+](=O)[O-])cn2)cc1. The van der Waals surface area contributed by atoms with E-state index in [0.717, 1.165) is 15.9 Å². The maximum atomic E-state index is 12.4. The normalized spacial score (nSPS) is 10.5. The first-order chi connectivity index (χ1) is 14.4. The van der Waals surface area contributed by atoms with Gasteiger partial charge in [-0.1, -0.05) is 12.1 Å². The minimum atomic E-state index is -0.568. The molecule has 1 amide bonds. The highest BCUT2D eigenvalue weighted by Gasteiger charge is 2.18. The second kappa shape index (κ2) is 8.99. The average molecular weight is 408 g/mol. The van der Waals surface area contributed by atoms with Gasteiger partial charge in [0.2, 0.25) is 5.91 Å². The summed E-state index contributed by atoms with van der Waals surface area (Å²) in [6, 6.07) is 13.0. The van der Waals surface area contributed by atoms with Crippen LogP contribution in [0.4, 0.5) is 11.4 Å². The van der Waals surface area contributed by atoms with Crippen LogP contribution in [0.25, 0.3) is 11.3 Å². The van der Waals surface area contributed by atoms with Gasteiger partial charge in [-0.2, -0.15) is 0 Å². The van der Waals surface area contributed by atoms with E-state index in [1.807, 2.05) is 6.92 Å². The first-order valence-corrected chi connectivity index (χ1v) is 9.22. The Bertz CT molecular complexity index is 1140. The van der Waals surface area contributed by atoms with Crippen LogP contribution in [0.15, 0.2) is 59.7 Å². The third-order valence-electron chi connectivity index (χ3n) is 4.37. The number of nitro benzene ring substituents is 1. The fourth-order valence-electron chi connectivity index (χ4n) is 2.89. The summed E-state index contributed by atoms with van der Waals surface area (Å²) in [6.07, 6.45) is 1.28. The van der Waals surface area contributed by atoms with Gasteiger partial charge in [0.25, 0.3) is 11.2 Å². The summed E-state index contributed by atoms with van der Waals surface area (Å²) in [6.45, 7) is 3.78. The van der Waals surface area contributed by atoms with Crippen molar-refractivity contribution < 1.29 is 14.5 Å². The molecule has 0 bridgehead atoms. The molecule has 3 aromatic rings. The Morgan fingerprint density at radius 1 is 1.23 bits per heavy atom. The maximum Gasteiger partial charge on any atom is 0.293 e. The third kappa shape index (κ3) is 4.69. The van der Waals surface area contributed by atoms with Crippen molar-refractivity contribution in [1.29, 1.82) is 0 Å². The molecule has 9 heteroatoms. The van der Waals surface area contributed by atoms with E-state index < -0.39 is 16.4 Å². The quantitative estimate of drug-likeness (QED) is 0.474. The van der Waals surface area contributed by atoms with Gasteiger partial charge in [0.05, 0.1) is 23.6 Å². The van der Waals surface area contributed by atoms with E-state index in [1.54, 1.807) is 37.3 Å². The minimum Gasteiger partial charge on any atom is -0.494 e. The molecule has 0 atom stereocenters. The molecule has 3 rings (SSSR count). The molecular weight excluding hydrogens is 388 g/mol. The van der Waals surface area contributed by atoms with Gasteiger partial charge in [-0.15, -0.1) is 0 Å². The van der Waals surface area contributed by atoms with E-state index in [0.29, 0.717) is 17.9 Å². The topological polar surface area (TPSA) is 116 Å². The predicted octanol–water partition coefficient (Wildman–Crippen LogP) is 3.16. The largest absolute Gasteiger partial charge is 0.494 e.